The fraction of sp³-hybridized carbons (Fsp3) is 0.350. The molecule has 2 atom stereocenters. The molecule has 2 aromatic carbocycles. The molecular weight excluding hydrogens is 396 g/mol. The molecular formula is C20H24N2O6S. The van der Waals surface area contributed by atoms with Crippen LogP contribution in [0.1, 0.15) is 6.92 Å². The molecule has 1 aliphatic rings. The lowest BCUT2D eigenvalue weighted by molar-refractivity contribution is -0.122. The molecule has 0 aromatic heterocycles. The molecule has 1 N–H and O–H groups in total. The van der Waals surface area contributed by atoms with E-state index in [4.69, 9.17) is 14.2 Å². The van der Waals surface area contributed by atoms with Crippen LogP contribution in [0.25, 0.3) is 0 Å². The number of methoxy groups -OCH3 is 1. The summed E-state index contributed by atoms with van der Waals surface area (Å²) in [6, 6.07) is 12.9. The normalized spacial score (nSPS) is 16.6. The van der Waals surface area contributed by atoms with Crippen molar-refractivity contribution >= 4 is 21.6 Å². The SMILES string of the molecule is COc1cccc(N([C@H](C)C(=O)NC[C@H]2COc3ccccc3O2)S(C)(=O)=O)c1. The molecule has 2 aromatic rings. The summed E-state index contributed by atoms with van der Waals surface area (Å²) in [5, 5.41) is 2.75. The van der Waals surface area contributed by atoms with Crippen LogP contribution in [-0.2, 0) is 14.8 Å². The number of rotatable bonds is 7. The van der Waals surface area contributed by atoms with Crippen LogP contribution >= 0.6 is 0 Å². The molecule has 1 heterocycles. The third-order valence-electron chi connectivity index (χ3n) is 4.47. The van der Waals surface area contributed by atoms with Gasteiger partial charge in [-0.15, -0.1) is 0 Å². The third kappa shape index (κ3) is 4.92. The van der Waals surface area contributed by atoms with E-state index in [1.807, 2.05) is 18.2 Å². The Kier molecular flexibility index (Phi) is 6.17. The lowest BCUT2D eigenvalue weighted by atomic mass is 10.2. The Hall–Kier alpha value is -2.94. The van der Waals surface area contributed by atoms with Crippen LogP contribution in [0.4, 0.5) is 5.69 Å². The maximum absolute atomic E-state index is 12.7. The van der Waals surface area contributed by atoms with Gasteiger partial charge < -0.3 is 19.5 Å². The van der Waals surface area contributed by atoms with Gasteiger partial charge in [-0.2, -0.15) is 0 Å². The summed E-state index contributed by atoms with van der Waals surface area (Å²) in [4.78, 5) is 12.7. The Morgan fingerprint density at radius 1 is 1.24 bits per heavy atom. The van der Waals surface area contributed by atoms with Gasteiger partial charge in [-0.3, -0.25) is 9.10 Å². The zero-order chi connectivity index (χ0) is 21.0. The van der Waals surface area contributed by atoms with Crippen LogP contribution in [-0.4, -0.2) is 53.0 Å². The van der Waals surface area contributed by atoms with Gasteiger partial charge in [0.05, 0.1) is 25.6 Å². The van der Waals surface area contributed by atoms with Crippen molar-refractivity contribution in [2.75, 3.05) is 30.8 Å². The number of carbonyl (C=O) groups excluding carboxylic acids is 1. The Balaban J connectivity index is 1.68. The van der Waals surface area contributed by atoms with Crippen LogP contribution in [0.15, 0.2) is 48.5 Å². The predicted molar refractivity (Wildman–Crippen MR) is 109 cm³/mol. The highest BCUT2D eigenvalue weighted by atomic mass is 32.2. The predicted octanol–water partition coefficient (Wildman–Crippen LogP) is 1.81. The van der Waals surface area contributed by atoms with Gasteiger partial charge in [0.15, 0.2) is 11.5 Å². The van der Waals surface area contributed by atoms with Crippen molar-refractivity contribution < 1.29 is 27.4 Å². The molecule has 8 nitrogen and oxygen atoms in total. The lowest BCUT2D eigenvalue weighted by Crippen LogP contribution is -2.50. The van der Waals surface area contributed by atoms with E-state index in [0.717, 1.165) is 10.6 Å². The van der Waals surface area contributed by atoms with E-state index in [1.165, 1.54) is 14.0 Å². The van der Waals surface area contributed by atoms with E-state index < -0.39 is 22.0 Å². The number of amides is 1. The Morgan fingerprint density at radius 2 is 1.97 bits per heavy atom. The monoisotopic (exact) mass is 420 g/mol. The number of hydrogen-bond donors (Lipinski definition) is 1. The Bertz CT molecular complexity index is 978. The van der Waals surface area contributed by atoms with Crippen LogP contribution < -0.4 is 23.8 Å². The molecule has 29 heavy (non-hydrogen) atoms. The molecule has 0 radical (unpaired) electrons. The number of anilines is 1. The first-order valence-corrected chi connectivity index (χ1v) is 10.9. The average molecular weight is 420 g/mol. The number of nitrogens with zero attached hydrogens (tertiary/aromatic N) is 1. The molecule has 0 saturated heterocycles. The molecule has 0 fully saturated rings. The van der Waals surface area contributed by atoms with E-state index in [1.54, 1.807) is 30.3 Å². The summed E-state index contributed by atoms with van der Waals surface area (Å²) < 4.78 is 42.4. The van der Waals surface area contributed by atoms with Crippen LogP contribution in [0.3, 0.4) is 0 Å². The number of benzene rings is 2. The molecule has 1 amide bonds. The van der Waals surface area contributed by atoms with Crippen LogP contribution in [0.5, 0.6) is 17.2 Å². The minimum atomic E-state index is -3.71. The van der Waals surface area contributed by atoms with Crippen molar-refractivity contribution in [3.63, 3.8) is 0 Å². The standard InChI is InChI=1S/C20H24N2O6S/c1-14(22(29(3,24)25)15-7-6-8-16(11-15)26-2)20(23)21-12-17-13-27-18-9-4-5-10-19(18)28-17/h4-11,14,17H,12-13H2,1-3H3,(H,21,23)/t14-,17+/m1/s1. The van der Waals surface area contributed by atoms with E-state index >= 15 is 0 Å². The highest BCUT2D eigenvalue weighted by molar-refractivity contribution is 7.92. The topological polar surface area (TPSA) is 94.2 Å². The summed E-state index contributed by atoms with van der Waals surface area (Å²) in [5.74, 6) is 1.32. The quantitative estimate of drug-likeness (QED) is 0.734. The maximum Gasteiger partial charge on any atom is 0.243 e. The molecule has 9 heteroatoms. The van der Waals surface area contributed by atoms with Crippen molar-refractivity contribution in [3.05, 3.63) is 48.5 Å². The Labute approximate surface area is 170 Å². The molecule has 3 rings (SSSR count). The van der Waals surface area contributed by atoms with Crippen molar-refractivity contribution in [1.29, 1.82) is 0 Å². The van der Waals surface area contributed by atoms with Gasteiger partial charge in [-0.1, -0.05) is 18.2 Å². The number of sulfonamides is 1. The first-order chi connectivity index (χ1) is 13.8. The van der Waals surface area contributed by atoms with Gasteiger partial charge >= 0.3 is 0 Å². The smallest absolute Gasteiger partial charge is 0.243 e. The summed E-state index contributed by atoms with van der Waals surface area (Å²) in [6.45, 7) is 2.01. The summed E-state index contributed by atoms with van der Waals surface area (Å²) >= 11 is 0. The van der Waals surface area contributed by atoms with Crippen molar-refractivity contribution in [3.8, 4) is 17.2 Å². The van der Waals surface area contributed by atoms with Crippen LogP contribution in [0.2, 0.25) is 0 Å². The number of carbonyl (C=O) groups is 1. The summed E-state index contributed by atoms with van der Waals surface area (Å²) in [7, 11) is -2.22. The first-order valence-electron chi connectivity index (χ1n) is 9.09. The summed E-state index contributed by atoms with van der Waals surface area (Å²) in [6.07, 6.45) is 0.690. The van der Waals surface area contributed by atoms with Gasteiger partial charge in [0.1, 0.15) is 24.5 Å². The number of para-hydroxylation sites is 2. The van der Waals surface area contributed by atoms with E-state index in [0.29, 0.717) is 22.9 Å². The first kappa shape index (κ1) is 20.8. The van der Waals surface area contributed by atoms with Gasteiger partial charge in [-0.25, -0.2) is 8.42 Å². The zero-order valence-electron chi connectivity index (χ0n) is 16.5. The lowest BCUT2D eigenvalue weighted by Gasteiger charge is -2.30. The average Bonchev–Trinajstić information content (AvgIpc) is 2.71. The van der Waals surface area contributed by atoms with Gasteiger partial charge in [-0.05, 0) is 31.2 Å². The fourth-order valence-electron chi connectivity index (χ4n) is 3.08. The second-order valence-corrected chi connectivity index (χ2v) is 8.54. The number of nitrogens with one attached hydrogen (secondary N) is 1. The second-order valence-electron chi connectivity index (χ2n) is 6.68. The summed E-state index contributed by atoms with van der Waals surface area (Å²) in [5.41, 5.74) is 0.348. The molecule has 1 aliphatic heterocycles. The molecule has 0 aliphatic carbocycles. The van der Waals surface area contributed by atoms with Crippen molar-refractivity contribution in [1.82, 2.24) is 5.32 Å². The molecule has 0 bridgehead atoms. The van der Waals surface area contributed by atoms with Gasteiger partial charge in [0.2, 0.25) is 15.9 Å². The minimum Gasteiger partial charge on any atom is -0.497 e. The second kappa shape index (κ2) is 8.60. The van der Waals surface area contributed by atoms with E-state index in [-0.39, 0.29) is 19.3 Å². The minimum absolute atomic E-state index is 0.188. The van der Waals surface area contributed by atoms with Gasteiger partial charge in [0, 0.05) is 6.07 Å². The van der Waals surface area contributed by atoms with Crippen molar-refractivity contribution in [2.24, 2.45) is 0 Å². The number of hydrogen-bond acceptors (Lipinski definition) is 6. The number of fused-ring (bicyclic) bond motifs is 1. The largest absolute Gasteiger partial charge is 0.497 e. The maximum atomic E-state index is 12.7. The third-order valence-corrected chi connectivity index (χ3v) is 5.71. The Morgan fingerprint density at radius 3 is 2.66 bits per heavy atom. The molecule has 156 valence electrons. The zero-order valence-corrected chi connectivity index (χ0v) is 17.3. The van der Waals surface area contributed by atoms with Crippen molar-refractivity contribution in [2.45, 2.75) is 19.1 Å². The van der Waals surface area contributed by atoms with E-state index in [9.17, 15) is 13.2 Å². The molecule has 0 saturated carbocycles. The molecule has 0 unspecified atom stereocenters. The molecule has 0 spiro atoms. The fourth-order valence-corrected chi connectivity index (χ4v) is 4.25. The van der Waals surface area contributed by atoms with Crippen LogP contribution in [0, 0.1) is 0 Å². The number of ether oxygens (including phenoxy) is 3. The van der Waals surface area contributed by atoms with Gasteiger partial charge in [0.25, 0.3) is 0 Å². The highest BCUT2D eigenvalue weighted by Gasteiger charge is 2.30. The van der Waals surface area contributed by atoms with E-state index in [2.05, 4.69) is 5.32 Å². The highest BCUT2D eigenvalue weighted by Crippen LogP contribution is 2.30.